The summed E-state index contributed by atoms with van der Waals surface area (Å²) in [7, 11) is 0. The lowest BCUT2D eigenvalue weighted by Gasteiger charge is -2.30. The maximum Gasteiger partial charge on any atom is 0.179 e. The average Bonchev–Trinajstić information content (AvgIpc) is 2.97. The quantitative estimate of drug-likeness (QED) is 0.687. The van der Waals surface area contributed by atoms with Crippen molar-refractivity contribution in [1.82, 2.24) is 5.32 Å². The number of hydrogen-bond donors (Lipinski definition) is 2. The van der Waals surface area contributed by atoms with Crippen LogP contribution in [0.25, 0.3) is 0 Å². The van der Waals surface area contributed by atoms with Crippen molar-refractivity contribution < 1.29 is 0 Å². The molecule has 2 N–H and O–H groups in total. The minimum absolute atomic E-state index is 0.188. The predicted octanol–water partition coefficient (Wildman–Crippen LogP) is 5.70. The molecule has 29 heavy (non-hydrogen) atoms. The van der Waals surface area contributed by atoms with Gasteiger partial charge in [0.25, 0.3) is 0 Å². The van der Waals surface area contributed by atoms with Crippen molar-refractivity contribution in [2.75, 3.05) is 5.32 Å². The molecule has 1 aliphatic rings. The number of nitrogens with one attached hydrogen (secondary N) is 2. The molecule has 3 rings (SSSR count). The zero-order valence-electron chi connectivity index (χ0n) is 18.8. The standard InChI is InChI=1S/C25H34N4/c1-17-8-12-19(13-9-17)21-27-22(26-20-14-10-18(2)11-15-20)23(28-21)29-25(6,7)16-24(3,4)5/h8-15,22,26H,16H2,1-7H3,(H,27,28,29). The first-order valence-electron chi connectivity index (χ1n) is 10.4. The van der Waals surface area contributed by atoms with Gasteiger partial charge in [-0.05, 0) is 51.7 Å². The van der Waals surface area contributed by atoms with Crippen LogP contribution in [-0.2, 0) is 0 Å². The molecule has 1 unspecified atom stereocenters. The van der Waals surface area contributed by atoms with E-state index in [1.165, 1.54) is 11.1 Å². The summed E-state index contributed by atoms with van der Waals surface area (Å²) < 4.78 is 0. The molecule has 154 valence electrons. The minimum atomic E-state index is -0.228. The SMILES string of the molecule is Cc1ccc(NC2N=C(c3ccc(C)cc3)NC2=NC(C)(C)CC(C)(C)C)cc1. The van der Waals surface area contributed by atoms with E-state index in [-0.39, 0.29) is 17.1 Å². The zero-order valence-corrected chi connectivity index (χ0v) is 18.8. The fraction of sp³-hybridized carbons (Fsp3) is 0.440. The Balaban J connectivity index is 1.91. The second kappa shape index (κ2) is 8.02. The monoisotopic (exact) mass is 390 g/mol. The smallest absolute Gasteiger partial charge is 0.179 e. The first-order valence-corrected chi connectivity index (χ1v) is 10.4. The van der Waals surface area contributed by atoms with E-state index in [9.17, 15) is 0 Å². The Bertz CT molecular complexity index is 897. The molecule has 1 aliphatic heterocycles. The molecule has 2 aromatic carbocycles. The van der Waals surface area contributed by atoms with Crippen LogP contribution in [-0.4, -0.2) is 23.4 Å². The number of rotatable bonds is 5. The molecular formula is C25H34N4. The van der Waals surface area contributed by atoms with Crippen molar-refractivity contribution in [3.8, 4) is 0 Å². The molecule has 4 heteroatoms. The molecule has 0 bridgehead atoms. The van der Waals surface area contributed by atoms with Gasteiger partial charge in [0.15, 0.2) is 6.17 Å². The third kappa shape index (κ3) is 5.93. The van der Waals surface area contributed by atoms with Gasteiger partial charge in [-0.25, -0.2) is 4.99 Å². The van der Waals surface area contributed by atoms with Crippen LogP contribution in [0.2, 0.25) is 0 Å². The van der Waals surface area contributed by atoms with Crippen molar-refractivity contribution in [2.24, 2.45) is 15.4 Å². The van der Waals surface area contributed by atoms with Crippen LogP contribution >= 0.6 is 0 Å². The number of hydrogen-bond acceptors (Lipinski definition) is 3. The largest absolute Gasteiger partial charge is 0.358 e. The summed E-state index contributed by atoms with van der Waals surface area (Å²) >= 11 is 0. The zero-order chi connectivity index (χ0) is 21.2. The van der Waals surface area contributed by atoms with E-state index < -0.39 is 0 Å². The summed E-state index contributed by atoms with van der Waals surface area (Å²) in [6.07, 6.45) is 0.760. The minimum Gasteiger partial charge on any atom is -0.358 e. The Labute approximate surface area is 175 Å². The third-order valence-corrected chi connectivity index (χ3v) is 4.83. The van der Waals surface area contributed by atoms with Crippen LogP contribution < -0.4 is 10.6 Å². The maximum absolute atomic E-state index is 5.11. The Morgan fingerprint density at radius 2 is 1.45 bits per heavy atom. The first kappa shape index (κ1) is 21.1. The molecule has 0 saturated heterocycles. The highest BCUT2D eigenvalue weighted by molar-refractivity contribution is 6.16. The molecule has 0 amide bonds. The summed E-state index contributed by atoms with van der Waals surface area (Å²) in [5.41, 5.74) is 4.60. The van der Waals surface area contributed by atoms with E-state index in [1.54, 1.807) is 0 Å². The Kier molecular flexibility index (Phi) is 5.83. The Morgan fingerprint density at radius 1 is 0.897 bits per heavy atom. The first-order chi connectivity index (χ1) is 13.5. The Hall–Kier alpha value is -2.62. The molecular weight excluding hydrogens is 356 g/mol. The highest BCUT2D eigenvalue weighted by Crippen LogP contribution is 2.30. The highest BCUT2D eigenvalue weighted by Gasteiger charge is 2.30. The number of aliphatic imine (C=N–C) groups is 2. The van der Waals surface area contributed by atoms with Crippen molar-refractivity contribution >= 4 is 17.4 Å². The lowest BCUT2D eigenvalue weighted by molar-refractivity contribution is 0.288. The fourth-order valence-corrected chi connectivity index (χ4v) is 3.93. The molecule has 1 heterocycles. The van der Waals surface area contributed by atoms with Crippen LogP contribution in [0, 0.1) is 19.3 Å². The lowest BCUT2D eigenvalue weighted by atomic mass is 9.82. The van der Waals surface area contributed by atoms with Crippen LogP contribution in [0.15, 0.2) is 58.5 Å². The molecule has 0 spiro atoms. The van der Waals surface area contributed by atoms with Gasteiger partial charge in [0, 0.05) is 11.3 Å². The van der Waals surface area contributed by atoms with Gasteiger partial charge in [-0.1, -0.05) is 68.3 Å². The summed E-state index contributed by atoms with van der Waals surface area (Å²) in [5, 5.41) is 7.02. The second-order valence-corrected chi connectivity index (χ2v) is 9.93. The number of amidine groups is 2. The van der Waals surface area contributed by atoms with Crippen LogP contribution in [0.5, 0.6) is 0 Å². The Morgan fingerprint density at radius 3 is 2.00 bits per heavy atom. The van der Waals surface area contributed by atoms with Crippen molar-refractivity contribution in [1.29, 1.82) is 0 Å². The summed E-state index contributed by atoms with van der Waals surface area (Å²) in [6.45, 7) is 15.3. The van der Waals surface area contributed by atoms with Crippen LogP contribution in [0.4, 0.5) is 5.69 Å². The van der Waals surface area contributed by atoms with Gasteiger partial charge in [-0.3, -0.25) is 4.99 Å². The van der Waals surface area contributed by atoms with E-state index in [1.807, 2.05) is 0 Å². The summed E-state index contributed by atoms with van der Waals surface area (Å²) in [4.78, 5) is 10.0. The van der Waals surface area contributed by atoms with E-state index in [0.29, 0.717) is 0 Å². The normalized spacial score (nSPS) is 18.5. The van der Waals surface area contributed by atoms with Gasteiger partial charge < -0.3 is 10.6 Å². The van der Waals surface area contributed by atoms with E-state index in [2.05, 4.69) is 108 Å². The topological polar surface area (TPSA) is 48.8 Å². The summed E-state index contributed by atoms with van der Waals surface area (Å²) in [5.74, 6) is 1.73. The highest BCUT2D eigenvalue weighted by atomic mass is 15.3. The predicted molar refractivity (Wildman–Crippen MR) is 125 cm³/mol. The van der Waals surface area contributed by atoms with Crippen LogP contribution in [0.3, 0.4) is 0 Å². The molecule has 0 saturated carbocycles. The molecule has 2 aromatic rings. The average molecular weight is 391 g/mol. The molecule has 0 fully saturated rings. The molecule has 1 atom stereocenters. The number of benzene rings is 2. The van der Waals surface area contributed by atoms with Gasteiger partial charge in [0.2, 0.25) is 0 Å². The lowest BCUT2D eigenvalue weighted by Crippen LogP contribution is -2.37. The van der Waals surface area contributed by atoms with Gasteiger partial charge in [0.1, 0.15) is 11.7 Å². The van der Waals surface area contributed by atoms with Gasteiger partial charge in [0.05, 0.1) is 5.54 Å². The van der Waals surface area contributed by atoms with E-state index >= 15 is 0 Å². The van der Waals surface area contributed by atoms with Gasteiger partial charge >= 0.3 is 0 Å². The number of nitrogens with zero attached hydrogens (tertiary/aromatic N) is 2. The molecule has 4 nitrogen and oxygen atoms in total. The van der Waals surface area contributed by atoms with Gasteiger partial charge in [-0.15, -0.1) is 0 Å². The molecule has 0 aromatic heterocycles. The molecule has 0 radical (unpaired) electrons. The van der Waals surface area contributed by atoms with E-state index in [4.69, 9.17) is 9.98 Å². The van der Waals surface area contributed by atoms with Crippen molar-refractivity contribution in [3.05, 3.63) is 65.2 Å². The fourth-order valence-electron chi connectivity index (χ4n) is 3.93. The van der Waals surface area contributed by atoms with E-state index in [0.717, 1.165) is 29.3 Å². The molecule has 0 aliphatic carbocycles. The third-order valence-electron chi connectivity index (χ3n) is 4.83. The van der Waals surface area contributed by atoms with Gasteiger partial charge in [-0.2, -0.15) is 0 Å². The number of aryl methyl sites for hydroxylation is 2. The van der Waals surface area contributed by atoms with Crippen molar-refractivity contribution in [3.63, 3.8) is 0 Å². The maximum atomic E-state index is 5.11. The van der Waals surface area contributed by atoms with Crippen LogP contribution in [0.1, 0.15) is 57.7 Å². The second-order valence-electron chi connectivity index (χ2n) is 9.93. The van der Waals surface area contributed by atoms with Crippen molar-refractivity contribution in [2.45, 2.75) is 66.6 Å². The number of anilines is 1. The summed E-state index contributed by atoms with van der Waals surface area (Å²) in [6, 6.07) is 16.8.